The van der Waals surface area contributed by atoms with Gasteiger partial charge >= 0.3 is 0 Å². The van der Waals surface area contributed by atoms with Crippen LogP contribution in [0.4, 0.5) is 5.13 Å². The van der Waals surface area contributed by atoms with Crippen molar-refractivity contribution in [3.63, 3.8) is 0 Å². The Kier molecular flexibility index (Phi) is 7.27. The molecule has 1 aromatic carbocycles. The number of piperidine rings is 1. The average molecular weight is 462 g/mol. The number of anilines is 1. The van der Waals surface area contributed by atoms with Crippen molar-refractivity contribution in [3.05, 3.63) is 42.3 Å². The molecule has 0 saturated carbocycles. The third kappa shape index (κ3) is 5.40. The molecule has 0 radical (unpaired) electrons. The molecule has 1 fully saturated rings. The molecular formula is C22H27N3O4S2. The zero-order chi connectivity index (χ0) is 22.6. The van der Waals surface area contributed by atoms with E-state index in [2.05, 4.69) is 11.6 Å². The standard InChI is InChI=1S/C22H27N3O4S2/c1-4-12-25(21(27)17-7-6-13-24(14-17)20(26)5-2)22-23-19(15-30-22)16-8-10-18(11-9-16)31(3,28)29/h4,8-11,15,17H,1,5-7,12-14H2,2-3H3/t17-/m0/s1. The molecule has 1 aliphatic heterocycles. The molecule has 1 atom stereocenters. The smallest absolute Gasteiger partial charge is 0.233 e. The van der Waals surface area contributed by atoms with E-state index in [9.17, 15) is 18.0 Å². The monoisotopic (exact) mass is 461 g/mol. The fraction of sp³-hybridized carbons (Fsp3) is 0.409. The maximum Gasteiger partial charge on any atom is 0.233 e. The minimum absolute atomic E-state index is 0.0539. The van der Waals surface area contributed by atoms with Crippen LogP contribution in [-0.4, -0.2) is 56.0 Å². The van der Waals surface area contributed by atoms with Gasteiger partial charge in [-0.3, -0.25) is 14.5 Å². The minimum Gasteiger partial charge on any atom is -0.342 e. The quantitative estimate of drug-likeness (QED) is 0.590. The van der Waals surface area contributed by atoms with Crippen molar-refractivity contribution in [1.29, 1.82) is 0 Å². The average Bonchev–Trinajstić information content (AvgIpc) is 3.26. The van der Waals surface area contributed by atoms with Gasteiger partial charge in [-0.15, -0.1) is 17.9 Å². The lowest BCUT2D eigenvalue weighted by Crippen LogP contribution is -2.46. The molecule has 2 aromatic rings. The van der Waals surface area contributed by atoms with Crippen molar-refractivity contribution < 1.29 is 18.0 Å². The van der Waals surface area contributed by atoms with Crippen molar-refractivity contribution >= 4 is 38.1 Å². The molecule has 0 N–H and O–H groups in total. The van der Waals surface area contributed by atoms with Gasteiger partial charge in [-0.1, -0.05) is 25.1 Å². The minimum atomic E-state index is -3.26. The van der Waals surface area contributed by atoms with Gasteiger partial charge < -0.3 is 4.90 Å². The lowest BCUT2D eigenvalue weighted by atomic mass is 9.96. The largest absolute Gasteiger partial charge is 0.342 e. The second-order valence-electron chi connectivity index (χ2n) is 7.58. The number of aromatic nitrogens is 1. The van der Waals surface area contributed by atoms with E-state index in [1.54, 1.807) is 40.1 Å². The Morgan fingerprint density at radius 3 is 2.65 bits per heavy atom. The normalized spacial score (nSPS) is 16.7. The number of rotatable bonds is 7. The van der Waals surface area contributed by atoms with E-state index in [0.29, 0.717) is 36.9 Å². The lowest BCUT2D eigenvalue weighted by molar-refractivity contribution is -0.134. The van der Waals surface area contributed by atoms with E-state index in [1.165, 1.54) is 17.6 Å². The van der Waals surface area contributed by atoms with E-state index in [4.69, 9.17) is 0 Å². The number of likely N-dealkylation sites (tertiary alicyclic amines) is 1. The zero-order valence-electron chi connectivity index (χ0n) is 17.8. The van der Waals surface area contributed by atoms with Crippen molar-refractivity contribution in [1.82, 2.24) is 9.88 Å². The van der Waals surface area contributed by atoms with Crippen molar-refractivity contribution in [2.75, 3.05) is 30.8 Å². The maximum absolute atomic E-state index is 13.3. The molecule has 1 aromatic heterocycles. The Balaban J connectivity index is 1.80. The van der Waals surface area contributed by atoms with Gasteiger partial charge in [-0.25, -0.2) is 13.4 Å². The molecule has 166 valence electrons. The van der Waals surface area contributed by atoms with Gasteiger partial charge in [0.05, 0.1) is 16.5 Å². The molecule has 9 heteroatoms. The number of nitrogens with zero attached hydrogens (tertiary/aromatic N) is 3. The van der Waals surface area contributed by atoms with Crippen LogP contribution >= 0.6 is 11.3 Å². The topological polar surface area (TPSA) is 87.7 Å². The molecule has 0 aliphatic carbocycles. The first-order chi connectivity index (χ1) is 14.7. The number of amides is 2. The van der Waals surface area contributed by atoms with Crippen LogP contribution in [0.25, 0.3) is 11.3 Å². The summed E-state index contributed by atoms with van der Waals surface area (Å²) in [6.45, 7) is 7.06. The summed E-state index contributed by atoms with van der Waals surface area (Å²) in [5, 5.41) is 2.41. The van der Waals surface area contributed by atoms with Crippen molar-refractivity contribution in [2.24, 2.45) is 5.92 Å². The van der Waals surface area contributed by atoms with Crippen molar-refractivity contribution in [2.45, 2.75) is 31.1 Å². The summed E-state index contributed by atoms with van der Waals surface area (Å²) in [6, 6.07) is 6.53. The Morgan fingerprint density at radius 1 is 1.32 bits per heavy atom. The molecule has 1 saturated heterocycles. The first-order valence-electron chi connectivity index (χ1n) is 10.2. The third-order valence-electron chi connectivity index (χ3n) is 5.30. The number of carbonyl (C=O) groups is 2. The molecule has 0 bridgehead atoms. The lowest BCUT2D eigenvalue weighted by Gasteiger charge is -2.34. The number of hydrogen-bond donors (Lipinski definition) is 0. The van der Waals surface area contributed by atoms with E-state index in [1.807, 2.05) is 12.3 Å². The molecule has 1 aliphatic rings. The first kappa shape index (κ1) is 23.1. The summed E-state index contributed by atoms with van der Waals surface area (Å²) in [5.74, 6) is -0.241. The van der Waals surface area contributed by atoms with Gasteiger partial charge in [0.15, 0.2) is 15.0 Å². The zero-order valence-corrected chi connectivity index (χ0v) is 19.4. The first-order valence-corrected chi connectivity index (χ1v) is 13.0. The number of hydrogen-bond acceptors (Lipinski definition) is 6. The Labute approximate surface area is 187 Å². The second-order valence-corrected chi connectivity index (χ2v) is 10.4. The Hall–Kier alpha value is -2.52. The summed E-state index contributed by atoms with van der Waals surface area (Å²) >= 11 is 1.35. The molecule has 2 amide bonds. The van der Waals surface area contributed by atoms with Gasteiger partial charge in [0, 0.05) is 43.3 Å². The molecule has 3 rings (SSSR count). The second kappa shape index (κ2) is 9.74. The summed E-state index contributed by atoms with van der Waals surface area (Å²) in [7, 11) is -3.26. The van der Waals surface area contributed by atoms with E-state index in [-0.39, 0.29) is 22.6 Å². The predicted octanol–water partition coefficient (Wildman–Crippen LogP) is 3.38. The van der Waals surface area contributed by atoms with Gasteiger partial charge in [-0.05, 0) is 25.0 Å². The summed E-state index contributed by atoms with van der Waals surface area (Å²) < 4.78 is 23.3. The van der Waals surface area contributed by atoms with Crippen LogP contribution in [0, 0.1) is 5.92 Å². The summed E-state index contributed by atoms with van der Waals surface area (Å²) in [6.07, 6.45) is 4.82. The molecule has 2 heterocycles. The number of thiazole rings is 1. The van der Waals surface area contributed by atoms with Crippen LogP contribution in [-0.2, 0) is 19.4 Å². The number of benzene rings is 1. The van der Waals surface area contributed by atoms with Crippen LogP contribution in [0.1, 0.15) is 26.2 Å². The van der Waals surface area contributed by atoms with E-state index < -0.39 is 9.84 Å². The fourth-order valence-corrected chi connectivity index (χ4v) is 5.11. The molecule has 7 nitrogen and oxygen atoms in total. The van der Waals surface area contributed by atoms with Gasteiger partial charge in [0.2, 0.25) is 11.8 Å². The van der Waals surface area contributed by atoms with Crippen molar-refractivity contribution in [3.8, 4) is 11.3 Å². The SMILES string of the molecule is C=CCN(C(=O)[C@H]1CCCN(C(=O)CC)C1)c1nc(-c2ccc(S(C)(=O)=O)cc2)cs1. The van der Waals surface area contributed by atoms with Gasteiger partial charge in [-0.2, -0.15) is 0 Å². The number of sulfone groups is 1. The Morgan fingerprint density at radius 2 is 2.03 bits per heavy atom. The Bertz CT molecular complexity index is 1060. The molecule has 31 heavy (non-hydrogen) atoms. The highest BCUT2D eigenvalue weighted by molar-refractivity contribution is 7.90. The van der Waals surface area contributed by atoms with Crippen LogP contribution in [0.3, 0.4) is 0 Å². The highest BCUT2D eigenvalue weighted by Crippen LogP contribution is 2.30. The summed E-state index contributed by atoms with van der Waals surface area (Å²) in [4.78, 5) is 33.6. The van der Waals surface area contributed by atoms with Crippen LogP contribution in [0.2, 0.25) is 0 Å². The fourth-order valence-electron chi connectivity index (χ4n) is 3.63. The predicted molar refractivity (Wildman–Crippen MR) is 123 cm³/mol. The molecule has 0 spiro atoms. The summed E-state index contributed by atoms with van der Waals surface area (Å²) in [5.41, 5.74) is 1.45. The van der Waals surface area contributed by atoms with E-state index in [0.717, 1.165) is 18.4 Å². The van der Waals surface area contributed by atoms with Crippen LogP contribution < -0.4 is 4.90 Å². The maximum atomic E-state index is 13.3. The third-order valence-corrected chi connectivity index (χ3v) is 7.30. The van der Waals surface area contributed by atoms with Gasteiger partial charge in [0.25, 0.3) is 0 Å². The molecule has 0 unspecified atom stereocenters. The van der Waals surface area contributed by atoms with Crippen LogP contribution in [0.5, 0.6) is 0 Å². The van der Waals surface area contributed by atoms with Crippen LogP contribution in [0.15, 0.2) is 47.2 Å². The highest BCUT2D eigenvalue weighted by atomic mass is 32.2. The number of carbonyl (C=O) groups excluding carboxylic acids is 2. The van der Waals surface area contributed by atoms with Gasteiger partial charge in [0.1, 0.15) is 0 Å². The van der Waals surface area contributed by atoms with E-state index >= 15 is 0 Å². The highest BCUT2D eigenvalue weighted by Gasteiger charge is 2.32. The molecular weight excluding hydrogens is 434 g/mol.